The van der Waals surface area contributed by atoms with Gasteiger partial charge in [0, 0.05) is 30.5 Å². The van der Waals surface area contributed by atoms with Crippen molar-refractivity contribution in [2.24, 2.45) is 5.92 Å². The first-order chi connectivity index (χ1) is 23.7. The average molecular weight is 712 g/mol. The van der Waals surface area contributed by atoms with E-state index in [1.54, 1.807) is 37.8 Å². The van der Waals surface area contributed by atoms with Gasteiger partial charge in [-0.3, -0.25) is 9.59 Å². The van der Waals surface area contributed by atoms with Crippen molar-refractivity contribution in [3.05, 3.63) is 52.9 Å². The van der Waals surface area contributed by atoms with Gasteiger partial charge in [-0.25, -0.2) is 24.1 Å². The number of halogens is 2. The normalized spacial score (nSPS) is 22.5. The summed E-state index contributed by atoms with van der Waals surface area (Å²) in [6, 6.07) is 7.87. The second kappa shape index (κ2) is 14.0. The molecule has 5 heterocycles. The lowest BCUT2D eigenvalue weighted by Crippen LogP contribution is -2.44. The fraction of sp³-hybridized carbons (Fsp3) is 0.486. The summed E-state index contributed by atoms with van der Waals surface area (Å²) in [4.78, 5) is 52.5. The van der Waals surface area contributed by atoms with Gasteiger partial charge in [0.15, 0.2) is 23.8 Å². The molecular formula is C35H39ClFN5O8. The SMILES string of the molecule is C[C@H]1CNCC[C@]1(F)c1cc(Cl)cnc1O[C@H]1C[C@@H](C(=O)OC(C)(C)C)N(c2nc(COC(=O)CCC(=O)O)nc3c2oc2ccccc23)C1. The number of ether oxygens (including phenoxy) is 3. The Hall–Kier alpha value is -4.56. The summed E-state index contributed by atoms with van der Waals surface area (Å²) >= 11 is 6.32. The number of hydrogen-bond donors (Lipinski definition) is 2. The van der Waals surface area contributed by atoms with E-state index in [4.69, 9.17) is 40.3 Å². The fourth-order valence-corrected chi connectivity index (χ4v) is 6.55. The number of carboxylic acid groups (broad SMARTS) is 1. The first-order valence-electron chi connectivity index (χ1n) is 16.5. The van der Waals surface area contributed by atoms with E-state index in [2.05, 4.69) is 15.3 Å². The van der Waals surface area contributed by atoms with E-state index in [0.29, 0.717) is 29.6 Å². The van der Waals surface area contributed by atoms with Gasteiger partial charge in [0.25, 0.3) is 0 Å². The molecule has 50 heavy (non-hydrogen) atoms. The number of anilines is 1. The molecule has 0 radical (unpaired) electrons. The molecule has 2 saturated heterocycles. The summed E-state index contributed by atoms with van der Waals surface area (Å²) in [5.74, 6) is -2.33. The summed E-state index contributed by atoms with van der Waals surface area (Å²) < 4.78 is 40.5. The number of aliphatic carboxylic acids is 1. The van der Waals surface area contributed by atoms with Crippen LogP contribution in [0.1, 0.15) is 64.8 Å². The quantitative estimate of drug-likeness (QED) is 0.198. The number of pyridine rings is 1. The number of para-hydroxylation sites is 1. The van der Waals surface area contributed by atoms with E-state index in [1.807, 2.05) is 25.1 Å². The van der Waals surface area contributed by atoms with Crippen molar-refractivity contribution >= 4 is 57.4 Å². The van der Waals surface area contributed by atoms with Crippen molar-refractivity contribution in [1.29, 1.82) is 0 Å². The highest BCUT2D eigenvalue weighted by Crippen LogP contribution is 2.45. The van der Waals surface area contributed by atoms with E-state index >= 15 is 4.39 Å². The molecule has 0 aliphatic carbocycles. The molecule has 0 bridgehead atoms. The Morgan fingerprint density at radius 2 is 1.98 bits per heavy atom. The van der Waals surface area contributed by atoms with E-state index in [9.17, 15) is 14.4 Å². The number of carbonyl (C=O) groups excluding carboxylic acids is 2. The van der Waals surface area contributed by atoms with Crippen LogP contribution in [0.15, 0.2) is 40.9 Å². The lowest BCUT2D eigenvalue weighted by atomic mass is 9.79. The minimum atomic E-state index is -1.74. The molecule has 2 N–H and O–H groups in total. The Balaban J connectivity index is 1.39. The standard InChI is InChI=1S/C35H39ClFN5O8/c1-19-15-38-12-11-35(19,37)23-13-20(36)16-39-32(23)48-21-14-24(33(46)50-34(2,3)4)42(17-21)31-30-29(22-7-5-6-8-25(22)49-30)40-26(41-31)18-47-28(45)10-9-27(43)44/h5-8,13,16,19,21,24,38H,9-12,14-15,17-18H2,1-4H3,(H,43,44)/t19-,21-,24-,35+/m0/s1. The number of carboxylic acids is 1. The van der Waals surface area contributed by atoms with Crippen molar-refractivity contribution in [3.8, 4) is 5.88 Å². The van der Waals surface area contributed by atoms with Crippen molar-refractivity contribution in [2.45, 2.75) is 83.4 Å². The van der Waals surface area contributed by atoms with Gasteiger partial charge in [-0.2, -0.15) is 0 Å². The molecule has 1 aromatic carbocycles. The van der Waals surface area contributed by atoms with Gasteiger partial charge in [-0.15, -0.1) is 0 Å². The van der Waals surface area contributed by atoms with Gasteiger partial charge < -0.3 is 34.0 Å². The van der Waals surface area contributed by atoms with Gasteiger partial charge in [0.2, 0.25) is 5.88 Å². The summed E-state index contributed by atoms with van der Waals surface area (Å²) in [5, 5.41) is 13.1. The smallest absolute Gasteiger partial charge is 0.329 e. The number of hydrogen-bond acceptors (Lipinski definition) is 12. The fourth-order valence-electron chi connectivity index (χ4n) is 6.39. The third-order valence-electron chi connectivity index (χ3n) is 8.81. The molecule has 15 heteroatoms. The zero-order valence-electron chi connectivity index (χ0n) is 28.2. The minimum absolute atomic E-state index is 0.0889. The van der Waals surface area contributed by atoms with E-state index < -0.39 is 41.3 Å². The third kappa shape index (κ3) is 7.46. The summed E-state index contributed by atoms with van der Waals surface area (Å²) in [5.41, 5.74) is -1.07. The number of piperidine rings is 1. The molecule has 13 nitrogen and oxygen atoms in total. The molecule has 0 spiro atoms. The van der Waals surface area contributed by atoms with Crippen LogP contribution in [-0.4, -0.2) is 75.3 Å². The number of benzene rings is 1. The van der Waals surface area contributed by atoms with Crippen LogP contribution in [0.4, 0.5) is 10.2 Å². The summed E-state index contributed by atoms with van der Waals surface area (Å²) in [7, 11) is 0. The van der Waals surface area contributed by atoms with Gasteiger partial charge in [-0.05, 0) is 51.9 Å². The maximum absolute atomic E-state index is 16.7. The van der Waals surface area contributed by atoms with Gasteiger partial charge in [0.1, 0.15) is 34.5 Å². The van der Waals surface area contributed by atoms with Gasteiger partial charge in [0.05, 0.1) is 30.0 Å². The van der Waals surface area contributed by atoms with Crippen LogP contribution in [0.3, 0.4) is 0 Å². The first-order valence-corrected chi connectivity index (χ1v) is 16.9. The third-order valence-corrected chi connectivity index (χ3v) is 9.01. The highest BCUT2D eigenvalue weighted by molar-refractivity contribution is 6.30. The highest BCUT2D eigenvalue weighted by Gasteiger charge is 2.46. The van der Waals surface area contributed by atoms with Crippen molar-refractivity contribution in [2.75, 3.05) is 24.5 Å². The van der Waals surface area contributed by atoms with Crippen LogP contribution >= 0.6 is 11.6 Å². The maximum Gasteiger partial charge on any atom is 0.329 e. The van der Waals surface area contributed by atoms with Crippen molar-refractivity contribution in [1.82, 2.24) is 20.3 Å². The molecule has 2 aliphatic heterocycles. The van der Waals surface area contributed by atoms with Crippen LogP contribution in [0, 0.1) is 5.92 Å². The Kier molecular flexibility index (Phi) is 9.86. The summed E-state index contributed by atoms with van der Waals surface area (Å²) in [6.07, 6.45) is 0.374. The molecule has 266 valence electrons. The van der Waals surface area contributed by atoms with E-state index in [0.717, 1.165) is 0 Å². The lowest BCUT2D eigenvalue weighted by molar-refractivity contribution is -0.156. The van der Waals surface area contributed by atoms with Crippen molar-refractivity contribution in [3.63, 3.8) is 0 Å². The second-order valence-corrected chi connectivity index (χ2v) is 14.1. The van der Waals surface area contributed by atoms with Gasteiger partial charge >= 0.3 is 17.9 Å². The molecule has 0 saturated carbocycles. The first kappa shape index (κ1) is 35.3. The molecule has 0 amide bonds. The van der Waals surface area contributed by atoms with E-state index in [-0.39, 0.29) is 78.4 Å². The molecule has 6 rings (SSSR count). The molecule has 4 aromatic rings. The minimum Gasteiger partial charge on any atom is -0.481 e. The average Bonchev–Trinajstić information content (AvgIpc) is 3.65. The predicted octanol–water partition coefficient (Wildman–Crippen LogP) is 5.49. The number of alkyl halides is 1. The Bertz CT molecular complexity index is 1930. The lowest BCUT2D eigenvalue weighted by Gasteiger charge is -2.37. The van der Waals surface area contributed by atoms with Gasteiger partial charge in [-0.1, -0.05) is 30.7 Å². The zero-order valence-corrected chi connectivity index (χ0v) is 29.0. The van der Waals surface area contributed by atoms with Crippen LogP contribution in [0.25, 0.3) is 22.1 Å². The molecule has 0 unspecified atom stereocenters. The zero-order chi connectivity index (χ0) is 35.8. The molecule has 2 aliphatic rings. The van der Waals surface area contributed by atoms with Crippen LogP contribution in [0.2, 0.25) is 5.02 Å². The Morgan fingerprint density at radius 3 is 2.72 bits per heavy atom. The predicted molar refractivity (Wildman–Crippen MR) is 181 cm³/mol. The van der Waals surface area contributed by atoms with E-state index in [1.165, 1.54) is 6.20 Å². The number of carbonyl (C=O) groups is 3. The Labute approximate surface area is 292 Å². The molecular weight excluding hydrogens is 673 g/mol. The number of rotatable bonds is 10. The molecule has 3 aromatic heterocycles. The molecule has 2 fully saturated rings. The second-order valence-electron chi connectivity index (χ2n) is 13.7. The number of aromatic nitrogens is 3. The number of nitrogens with one attached hydrogen (secondary N) is 1. The van der Waals surface area contributed by atoms with Crippen LogP contribution in [-0.2, 0) is 36.1 Å². The number of fused-ring (bicyclic) bond motifs is 3. The topological polar surface area (TPSA) is 166 Å². The Morgan fingerprint density at radius 1 is 1.20 bits per heavy atom. The number of nitrogens with zero attached hydrogens (tertiary/aromatic N) is 4. The monoisotopic (exact) mass is 711 g/mol. The largest absolute Gasteiger partial charge is 0.481 e. The molecule has 4 atom stereocenters. The summed E-state index contributed by atoms with van der Waals surface area (Å²) in [6.45, 7) is 7.82. The van der Waals surface area contributed by atoms with Crippen LogP contribution < -0.4 is 15.0 Å². The highest BCUT2D eigenvalue weighted by atomic mass is 35.5. The van der Waals surface area contributed by atoms with Crippen LogP contribution in [0.5, 0.6) is 5.88 Å². The number of esters is 2. The number of furan rings is 1. The maximum atomic E-state index is 16.7. The van der Waals surface area contributed by atoms with Crippen molar-refractivity contribution < 1.29 is 42.5 Å².